The zero-order valence-electron chi connectivity index (χ0n) is 17.5. The molecule has 0 bridgehead atoms. The maximum absolute atomic E-state index is 13.3. The molecule has 0 heterocycles. The number of hydrogen-bond donors (Lipinski definition) is 3. The molecule has 0 aliphatic heterocycles. The summed E-state index contributed by atoms with van der Waals surface area (Å²) < 4.78 is 19.1. The van der Waals surface area contributed by atoms with E-state index in [-0.39, 0.29) is 41.8 Å². The number of guanidine groups is 1. The molecule has 1 unspecified atom stereocenters. The summed E-state index contributed by atoms with van der Waals surface area (Å²) in [7, 11) is 0. The van der Waals surface area contributed by atoms with Crippen LogP contribution in [0.5, 0.6) is 5.75 Å². The van der Waals surface area contributed by atoms with Gasteiger partial charge in [-0.15, -0.1) is 24.0 Å². The van der Waals surface area contributed by atoms with Crippen LogP contribution in [0.15, 0.2) is 29.3 Å². The number of nitrogens with zero attached hydrogens (tertiary/aromatic N) is 1. The van der Waals surface area contributed by atoms with E-state index >= 15 is 0 Å². The molecule has 1 amide bonds. The van der Waals surface area contributed by atoms with Gasteiger partial charge in [0, 0.05) is 31.1 Å². The highest BCUT2D eigenvalue weighted by Crippen LogP contribution is 2.15. The predicted octanol–water partition coefficient (Wildman–Crippen LogP) is 3.32. The van der Waals surface area contributed by atoms with E-state index in [1.807, 2.05) is 34.6 Å². The lowest BCUT2D eigenvalue weighted by Crippen LogP contribution is -2.43. The molecule has 1 rings (SSSR count). The Kier molecular flexibility index (Phi) is 12.8. The zero-order valence-corrected chi connectivity index (χ0v) is 19.8. The molecular weight excluding hydrogens is 474 g/mol. The van der Waals surface area contributed by atoms with Crippen molar-refractivity contribution in [2.75, 3.05) is 26.2 Å². The number of benzene rings is 1. The average Bonchev–Trinajstić information content (AvgIpc) is 2.60. The average molecular weight is 508 g/mol. The Labute approximate surface area is 185 Å². The van der Waals surface area contributed by atoms with Gasteiger partial charge in [-0.2, -0.15) is 0 Å². The van der Waals surface area contributed by atoms with E-state index in [2.05, 4.69) is 20.9 Å². The van der Waals surface area contributed by atoms with Crippen LogP contribution >= 0.6 is 24.0 Å². The highest BCUT2D eigenvalue weighted by molar-refractivity contribution is 14.0. The second-order valence-corrected chi connectivity index (χ2v) is 7.26. The van der Waals surface area contributed by atoms with Crippen LogP contribution in [0.25, 0.3) is 0 Å². The Balaban J connectivity index is 0.00000729. The number of carbonyl (C=O) groups is 1. The number of hydrogen-bond acceptors (Lipinski definition) is 3. The van der Waals surface area contributed by atoms with E-state index in [0.29, 0.717) is 31.3 Å². The van der Waals surface area contributed by atoms with E-state index in [1.165, 1.54) is 12.1 Å². The number of nitrogens with one attached hydrogen (secondary N) is 3. The molecule has 0 saturated heterocycles. The topological polar surface area (TPSA) is 74.8 Å². The van der Waals surface area contributed by atoms with E-state index < -0.39 is 5.41 Å². The van der Waals surface area contributed by atoms with Crippen molar-refractivity contribution >= 4 is 35.8 Å². The van der Waals surface area contributed by atoms with Crippen molar-refractivity contribution in [3.05, 3.63) is 30.1 Å². The molecule has 3 N–H and O–H groups in total. The van der Waals surface area contributed by atoms with Crippen molar-refractivity contribution in [1.29, 1.82) is 0 Å². The Morgan fingerprint density at radius 1 is 1.18 bits per heavy atom. The standard InChI is InChI=1S/C20H33FN4O2.HI/c1-6-16(27-17-10-8-9-15(21)13-17)14-25-19(22-7-2)24-12-11-23-18(26)20(3,4)5;/h8-10,13,16H,6-7,11-12,14H2,1-5H3,(H,23,26)(H2,22,24,25);1H. The van der Waals surface area contributed by atoms with Crippen LogP contribution < -0.4 is 20.7 Å². The molecule has 0 spiro atoms. The number of halogens is 2. The van der Waals surface area contributed by atoms with Gasteiger partial charge in [0.25, 0.3) is 0 Å². The molecule has 0 aromatic heterocycles. The molecular formula is C20H34FIN4O2. The SMILES string of the molecule is CCNC(=NCC(CC)Oc1cccc(F)c1)NCCNC(=O)C(C)(C)C.I. The lowest BCUT2D eigenvalue weighted by atomic mass is 9.96. The summed E-state index contributed by atoms with van der Waals surface area (Å²) in [6.07, 6.45) is 0.601. The van der Waals surface area contributed by atoms with Crippen molar-refractivity contribution in [3.8, 4) is 5.75 Å². The molecule has 28 heavy (non-hydrogen) atoms. The van der Waals surface area contributed by atoms with E-state index in [1.54, 1.807) is 12.1 Å². The molecule has 0 radical (unpaired) electrons. The summed E-state index contributed by atoms with van der Waals surface area (Å²) >= 11 is 0. The number of ether oxygens (including phenoxy) is 1. The molecule has 1 aromatic rings. The third-order valence-corrected chi connectivity index (χ3v) is 3.74. The van der Waals surface area contributed by atoms with Gasteiger partial charge in [0.15, 0.2) is 5.96 Å². The maximum Gasteiger partial charge on any atom is 0.225 e. The minimum absolute atomic E-state index is 0. The van der Waals surface area contributed by atoms with Crippen molar-refractivity contribution in [2.45, 2.75) is 47.1 Å². The van der Waals surface area contributed by atoms with Crippen molar-refractivity contribution in [3.63, 3.8) is 0 Å². The van der Waals surface area contributed by atoms with Crippen molar-refractivity contribution in [2.24, 2.45) is 10.4 Å². The monoisotopic (exact) mass is 508 g/mol. The summed E-state index contributed by atoms with van der Waals surface area (Å²) in [5, 5.41) is 9.24. The summed E-state index contributed by atoms with van der Waals surface area (Å²) in [5.74, 6) is 0.850. The molecule has 160 valence electrons. The summed E-state index contributed by atoms with van der Waals surface area (Å²) in [4.78, 5) is 16.4. The largest absolute Gasteiger partial charge is 0.488 e. The number of carbonyl (C=O) groups excluding carboxylic acids is 1. The van der Waals surface area contributed by atoms with Gasteiger partial charge >= 0.3 is 0 Å². The molecule has 1 atom stereocenters. The first-order chi connectivity index (χ1) is 12.8. The quantitative estimate of drug-likeness (QED) is 0.207. The molecule has 0 aliphatic rings. The molecule has 0 fully saturated rings. The minimum atomic E-state index is -0.402. The first kappa shape index (κ1) is 26.4. The van der Waals surface area contributed by atoms with Crippen LogP contribution in [0.1, 0.15) is 41.0 Å². The number of aliphatic imine (C=N–C) groups is 1. The van der Waals surface area contributed by atoms with E-state index in [4.69, 9.17) is 4.74 Å². The molecule has 1 aromatic carbocycles. The summed E-state index contributed by atoms with van der Waals surface area (Å²) in [6, 6.07) is 6.11. The molecule has 6 nitrogen and oxygen atoms in total. The highest BCUT2D eigenvalue weighted by Gasteiger charge is 2.20. The smallest absolute Gasteiger partial charge is 0.225 e. The van der Waals surface area contributed by atoms with Crippen LogP contribution in [0.2, 0.25) is 0 Å². The van der Waals surface area contributed by atoms with Gasteiger partial charge in [-0.1, -0.05) is 33.8 Å². The van der Waals surface area contributed by atoms with E-state index in [0.717, 1.165) is 13.0 Å². The fourth-order valence-electron chi connectivity index (χ4n) is 2.14. The molecule has 8 heteroatoms. The minimum Gasteiger partial charge on any atom is -0.488 e. The summed E-state index contributed by atoms with van der Waals surface area (Å²) in [5.41, 5.74) is -0.402. The fraction of sp³-hybridized carbons (Fsp3) is 0.600. The normalized spacial score (nSPS) is 12.6. The van der Waals surface area contributed by atoms with Crippen LogP contribution in [-0.4, -0.2) is 44.1 Å². The third kappa shape index (κ3) is 10.7. The fourth-order valence-corrected chi connectivity index (χ4v) is 2.14. The van der Waals surface area contributed by atoms with Gasteiger partial charge < -0.3 is 20.7 Å². The first-order valence-electron chi connectivity index (χ1n) is 9.49. The Morgan fingerprint density at radius 3 is 2.43 bits per heavy atom. The van der Waals surface area contributed by atoms with Gasteiger partial charge in [0.2, 0.25) is 5.91 Å². The number of amides is 1. The van der Waals surface area contributed by atoms with Crippen LogP contribution in [0.3, 0.4) is 0 Å². The number of rotatable bonds is 9. The van der Waals surface area contributed by atoms with Crippen LogP contribution in [-0.2, 0) is 4.79 Å². The molecule has 0 aliphatic carbocycles. The zero-order chi connectivity index (χ0) is 20.3. The second kappa shape index (κ2) is 13.6. The maximum atomic E-state index is 13.3. The van der Waals surface area contributed by atoms with Gasteiger partial charge in [-0.05, 0) is 25.5 Å². The van der Waals surface area contributed by atoms with Gasteiger partial charge in [0.05, 0.1) is 6.54 Å². The first-order valence-corrected chi connectivity index (χ1v) is 9.49. The van der Waals surface area contributed by atoms with Crippen LogP contribution in [0, 0.1) is 11.2 Å². The lowest BCUT2D eigenvalue weighted by Gasteiger charge is -2.19. The van der Waals surface area contributed by atoms with Crippen molar-refractivity contribution in [1.82, 2.24) is 16.0 Å². The second-order valence-electron chi connectivity index (χ2n) is 7.26. The van der Waals surface area contributed by atoms with Gasteiger partial charge in [-0.25, -0.2) is 9.38 Å². The predicted molar refractivity (Wildman–Crippen MR) is 123 cm³/mol. The third-order valence-electron chi connectivity index (χ3n) is 3.74. The molecule has 0 saturated carbocycles. The van der Waals surface area contributed by atoms with Crippen LogP contribution in [0.4, 0.5) is 4.39 Å². The Bertz CT molecular complexity index is 620. The Hall–Kier alpha value is -1.58. The lowest BCUT2D eigenvalue weighted by molar-refractivity contribution is -0.128. The van der Waals surface area contributed by atoms with Gasteiger partial charge in [-0.3, -0.25) is 4.79 Å². The Morgan fingerprint density at radius 2 is 1.86 bits per heavy atom. The highest BCUT2D eigenvalue weighted by atomic mass is 127. The van der Waals surface area contributed by atoms with Gasteiger partial charge in [0.1, 0.15) is 17.7 Å². The van der Waals surface area contributed by atoms with Crippen molar-refractivity contribution < 1.29 is 13.9 Å². The summed E-state index contributed by atoms with van der Waals surface area (Å²) in [6.45, 7) is 11.9. The van der Waals surface area contributed by atoms with E-state index in [9.17, 15) is 9.18 Å².